The maximum absolute atomic E-state index is 10.9. The Morgan fingerprint density at radius 2 is 2.00 bits per heavy atom. The molecule has 0 spiro atoms. The first kappa shape index (κ1) is 10.1. The smallest absolute Gasteiger partial charge is 0.256 e. The third-order valence-electron chi connectivity index (χ3n) is 1.46. The summed E-state index contributed by atoms with van der Waals surface area (Å²) < 4.78 is 5.40. The van der Waals surface area contributed by atoms with E-state index in [4.69, 9.17) is 16.3 Å². The summed E-state index contributed by atoms with van der Waals surface area (Å²) in [5, 5.41) is -0.490. The molecule has 0 aliphatic carbocycles. The second-order valence-corrected chi connectivity index (χ2v) is 3.28. The van der Waals surface area contributed by atoms with Crippen molar-refractivity contribution in [3.8, 4) is 5.75 Å². The van der Waals surface area contributed by atoms with Crippen molar-refractivity contribution in [2.45, 2.75) is 20.0 Å². The summed E-state index contributed by atoms with van der Waals surface area (Å²) >= 11 is 5.37. The molecule has 0 aliphatic heterocycles. The zero-order valence-corrected chi connectivity index (χ0v) is 8.34. The van der Waals surface area contributed by atoms with Crippen LogP contribution in [0.3, 0.4) is 0 Å². The van der Waals surface area contributed by atoms with E-state index >= 15 is 0 Å². The second kappa shape index (κ2) is 4.28. The Labute approximate surface area is 82.5 Å². The van der Waals surface area contributed by atoms with Crippen molar-refractivity contribution in [1.29, 1.82) is 0 Å². The molecule has 0 atom stereocenters. The number of benzene rings is 1. The molecule has 0 N–H and O–H groups in total. The quantitative estimate of drug-likeness (QED) is 0.699. The summed E-state index contributed by atoms with van der Waals surface area (Å²) in [5.41, 5.74) is 0.415. The van der Waals surface area contributed by atoms with Gasteiger partial charge in [-0.1, -0.05) is 12.1 Å². The highest BCUT2D eigenvalue weighted by Crippen LogP contribution is 2.20. The maximum atomic E-state index is 10.9. The van der Waals surface area contributed by atoms with Crippen molar-refractivity contribution in [3.05, 3.63) is 29.8 Å². The number of carbonyl (C=O) groups excluding carboxylic acids is 1. The summed E-state index contributed by atoms with van der Waals surface area (Å²) in [6, 6.07) is 6.94. The average Bonchev–Trinajstić information content (AvgIpc) is 2.03. The molecule has 3 heteroatoms. The van der Waals surface area contributed by atoms with Crippen LogP contribution in [0.1, 0.15) is 24.2 Å². The van der Waals surface area contributed by atoms with E-state index in [1.54, 1.807) is 24.3 Å². The van der Waals surface area contributed by atoms with Crippen LogP contribution >= 0.6 is 11.6 Å². The van der Waals surface area contributed by atoms with Crippen LogP contribution in [0.4, 0.5) is 0 Å². The average molecular weight is 199 g/mol. The molecule has 0 aliphatic rings. The van der Waals surface area contributed by atoms with Gasteiger partial charge in [-0.05, 0) is 37.6 Å². The highest BCUT2D eigenvalue weighted by molar-refractivity contribution is 6.68. The van der Waals surface area contributed by atoms with E-state index in [2.05, 4.69) is 0 Å². The molecule has 0 unspecified atom stereocenters. The third kappa shape index (κ3) is 2.74. The van der Waals surface area contributed by atoms with Gasteiger partial charge in [0.1, 0.15) is 5.75 Å². The number of carbonyl (C=O) groups is 1. The lowest BCUT2D eigenvalue weighted by Crippen LogP contribution is -2.08. The minimum atomic E-state index is -0.490. The van der Waals surface area contributed by atoms with Gasteiger partial charge in [0.05, 0.1) is 11.7 Å². The zero-order chi connectivity index (χ0) is 9.84. The van der Waals surface area contributed by atoms with E-state index in [0.717, 1.165) is 0 Å². The maximum Gasteiger partial charge on any atom is 0.256 e. The van der Waals surface area contributed by atoms with Gasteiger partial charge in [-0.25, -0.2) is 0 Å². The van der Waals surface area contributed by atoms with Gasteiger partial charge in [0.15, 0.2) is 0 Å². The van der Waals surface area contributed by atoms with Crippen LogP contribution in [0.5, 0.6) is 5.75 Å². The van der Waals surface area contributed by atoms with Gasteiger partial charge < -0.3 is 4.74 Å². The van der Waals surface area contributed by atoms with E-state index in [-0.39, 0.29) is 6.10 Å². The van der Waals surface area contributed by atoms with E-state index in [9.17, 15) is 4.79 Å². The molecule has 1 aromatic rings. The summed E-state index contributed by atoms with van der Waals surface area (Å²) in [4.78, 5) is 10.9. The van der Waals surface area contributed by atoms with Gasteiger partial charge in [-0.2, -0.15) is 0 Å². The number of para-hydroxylation sites is 1. The van der Waals surface area contributed by atoms with Crippen LogP contribution in [0.15, 0.2) is 24.3 Å². The summed E-state index contributed by atoms with van der Waals surface area (Å²) in [5.74, 6) is 0.539. The minimum absolute atomic E-state index is 0.0390. The second-order valence-electron chi connectivity index (χ2n) is 2.94. The van der Waals surface area contributed by atoms with E-state index < -0.39 is 5.24 Å². The summed E-state index contributed by atoms with van der Waals surface area (Å²) in [6.45, 7) is 3.80. The minimum Gasteiger partial charge on any atom is -0.490 e. The molecule has 0 bridgehead atoms. The van der Waals surface area contributed by atoms with E-state index in [1.165, 1.54) is 0 Å². The van der Waals surface area contributed by atoms with Gasteiger partial charge in [-0.3, -0.25) is 4.79 Å². The van der Waals surface area contributed by atoms with Crippen LogP contribution in [0, 0.1) is 0 Å². The molecule has 0 fully saturated rings. The Hall–Kier alpha value is -1.02. The molecule has 0 radical (unpaired) electrons. The lowest BCUT2D eigenvalue weighted by atomic mass is 10.2. The van der Waals surface area contributed by atoms with Crippen LogP contribution in [-0.4, -0.2) is 11.3 Å². The number of hydrogen-bond acceptors (Lipinski definition) is 2. The van der Waals surface area contributed by atoms with Crippen molar-refractivity contribution in [2.75, 3.05) is 0 Å². The fourth-order valence-corrected chi connectivity index (χ4v) is 1.14. The number of halogens is 1. The molecule has 0 saturated carbocycles. The molecule has 1 aromatic carbocycles. The molecular formula is C10H11ClO2. The Bertz CT molecular complexity index is 308. The van der Waals surface area contributed by atoms with E-state index in [0.29, 0.717) is 11.3 Å². The fraction of sp³-hybridized carbons (Fsp3) is 0.300. The van der Waals surface area contributed by atoms with Crippen molar-refractivity contribution in [2.24, 2.45) is 0 Å². The lowest BCUT2D eigenvalue weighted by molar-refractivity contribution is 0.107. The molecule has 0 saturated heterocycles. The summed E-state index contributed by atoms with van der Waals surface area (Å²) in [6.07, 6.45) is 0.0390. The Balaban J connectivity index is 2.98. The molecule has 0 aromatic heterocycles. The molecular weight excluding hydrogens is 188 g/mol. The highest BCUT2D eigenvalue weighted by atomic mass is 35.5. The van der Waals surface area contributed by atoms with Crippen molar-refractivity contribution >= 4 is 16.8 Å². The van der Waals surface area contributed by atoms with E-state index in [1.807, 2.05) is 13.8 Å². The predicted molar refractivity (Wildman–Crippen MR) is 52.4 cm³/mol. The predicted octanol–water partition coefficient (Wildman–Crippen LogP) is 2.85. The topological polar surface area (TPSA) is 26.3 Å². The van der Waals surface area contributed by atoms with Gasteiger partial charge in [0.2, 0.25) is 0 Å². The Morgan fingerprint density at radius 3 is 2.54 bits per heavy atom. The largest absolute Gasteiger partial charge is 0.490 e. The number of ether oxygens (including phenoxy) is 1. The molecule has 2 nitrogen and oxygen atoms in total. The van der Waals surface area contributed by atoms with Crippen molar-refractivity contribution in [1.82, 2.24) is 0 Å². The van der Waals surface area contributed by atoms with Gasteiger partial charge in [0, 0.05) is 0 Å². The van der Waals surface area contributed by atoms with Crippen molar-refractivity contribution in [3.63, 3.8) is 0 Å². The number of hydrogen-bond donors (Lipinski definition) is 0. The first-order valence-electron chi connectivity index (χ1n) is 4.06. The Morgan fingerprint density at radius 1 is 1.38 bits per heavy atom. The van der Waals surface area contributed by atoms with Crippen molar-refractivity contribution < 1.29 is 9.53 Å². The molecule has 70 valence electrons. The Kier molecular flexibility index (Phi) is 3.32. The standard InChI is InChI=1S/C10H11ClO2/c1-7(2)13-9-6-4-3-5-8(9)10(11)12/h3-7H,1-2H3. The van der Waals surface area contributed by atoms with Crippen LogP contribution in [0.25, 0.3) is 0 Å². The third-order valence-corrected chi connectivity index (χ3v) is 1.67. The van der Waals surface area contributed by atoms with Crippen LogP contribution < -0.4 is 4.74 Å². The lowest BCUT2D eigenvalue weighted by Gasteiger charge is -2.11. The highest BCUT2D eigenvalue weighted by Gasteiger charge is 2.09. The monoisotopic (exact) mass is 198 g/mol. The fourth-order valence-electron chi connectivity index (χ4n) is 0.986. The van der Waals surface area contributed by atoms with Gasteiger partial charge in [-0.15, -0.1) is 0 Å². The first-order valence-corrected chi connectivity index (χ1v) is 4.44. The van der Waals surface area contributed by atoms with Gasteiger partial charge in [0.25, 0.3) is 5.24 Å². The number of rotatable bonds is 3. The van der Waals surface area contributed by atoms with Crippen LogP contribution in [0.2, 0.25) is 0 Å². The van der Waals surface area contributed by atoms with Gasteiger partial charge >= 0.3 is 0 Å². The first-order chi connectivity index (χ1) is 6.11. The molecule has 13 heavy (non-hydrogen) atoms. The van der Waals surface area contributed by atoms with Crippen LogP contribution in [-0.2, 0) is 0 Å². The zero-order valence-electron chi connectivity index (χ0n) is 7.58. The molecule has 0 heterocycles. The molecule has 1 rings (SSSR count). The normalized spacial score (nSPS) is 10.2. The summed E-state index contributed by atoms with van der Waals surface area (Å²) in [7, 11) is 0. The molecule has 0 amide bonds. The SMILES string of the molecule is CC(C)Oc1ccccc1C(=O)Cl.